The van der Waals surface area contributed by atoms with Crippen LogP contribution in [0.3, 0.4) is 0 Å². The zero-order valence-electron chi connectivity index (χ0n) is 75.9. The van der Waals surface area contributed by atoms with Crippen LogP contribution in [0.5, 0.6) is 11.5 Å². The van der Waals surface area contributed by atoms with Crippen molar-refractivity contribution in [1.82, 2.24) is 0 Å². The number of allylic oxidation sites excluding steroid dienone is 2. The van der Waals surface area contributed by atoms with Crippen LogP contribution >= 0.6 is 0 Å². The Balaban J connectivity index is 0.000000133. The lowest BCUT2D eigenvalue weighted by atomic mass is 9.67. The van der Waals surface area contributed by atoms with E-state index in [9.17, 15) is 8.78 Å². The molecule has 20 rings (SSSR count). The van der Waals surface area contributed by atoms with Crippen LogP contribution in [0.4, 0.5) is 8.78 Å². The predicted octanol–water partition coefficient (Wildman–Crippen LogP) is 28.2. The van der Waals surface area contributed by atoms with Gasteiger partial charge in [0, 0.05) is 24.0 Å². The maximum atomic E-state index is 12.5. The number of aryl methyl sites for hydroxylation is 12. The molecular weight excluding hydrogens is 1570 g/mol. The maximum Gasteiger partial charge on any atom is 0.266 e. The van der Waals surface area contributed by atoms with Crippen LogP contribution in [0.25, 0.3) is 55.6 Å². The molecule has 664 valence electrons. The maximum absolute atomic E-state index is 12.5. The highest BCUT2D eigenvalue weighted by atomic mass is 19.3. The molecule has 127 heavy (non-hydrogen) atoms. The van der Waals surface area contributed by atoms with E-state index in [0.717, 1.165) is 115 Å². The van der Waals surface area contributed by atoms with Crippen molar-refractivity contribution in [3.63, 3.8) is 0 Å². The monoisotopic (exact) mass is 1710 g/mol. The highest BCUT2D eigenvalue weighted by molar-refractivity contribution is 5.88. The highest BCUT2D eigenvalue weighted by Gasteiger charge is 2.49. The second kappa shape index (κ2) is 38.0. The molecule has 0 saturated carbocycles. The quantitative estimate of drug-likeness (QED) is 0.0250. The van der Waals surface area contributed by atoms with Gasteiger partial charge in [-0.1, -0.05) is 250 Å². The summed E-state index contributed by atoms with van der Waals surface area (Å²) >= 11 is 0. The molecule has 0 N–H and O–H groups in total. The van der Waals surface area contributed by atoms with E-state index in [2.05, 4.69) is 296 Å². The minimum absolute atomic E-state index is 0. The van der Waals surface area contributed by atoms with Crippen molar-refractivity contribution in [2.75, 3.05) is 79.3 Å². The normalized spacial score (nSPS) is 18.6. The Labute approximate surface area is 756 Å². The SMILES string of the molecule is C.C.C=CCCCC1(CCCC=C(F)F)c2cc(C)ccc2-c2ccc(C)cc21.CCC1(COc2ccc(C3(c4ccc(OCC5(CC)COC5)cc4)c4cc(C)ccc4-c4ccc(C)cc43)cc2)COC1.Cc1cc(-c2ccc3c(c2)CC3)c(C)cc1-c1ccc2c(c1)CC2.Cc1ccc2c(c1)C(CCOCC1(C)CO1)(CCOCC1(C)CO1)c1cc(C)ccc1-2. The van der Waals surface area contributed by atoms with Gasteiger partial charge in [-0.3, -0.25) is 0 Å². The topological polar surface area (TPSA) is 80.4 Å². The van der Waals surface area contributed by atoms with E-state index < -0.39 is 11.5 Å². The zero-order valence-corrected chi connectivity index (χ0v) is 75.9. The number of benzene rings is 11. The van der Waals surface area contributed by atoms with Crippen molar-refractivity contribution >= 4 is 0 Å². The van der Waals surface area contributed by atoms with E-state index in [0.29, 0.717) is 46.1 Å². The molecule has 0 radical (unpaired) electrons. The summed E-state index contributed by atoms with van der Waals surface area (Å²) in [6.45, 7) is 38.9. The number of fused-ring (bicyclic) bond motifs is 11. The molecule has 4 fully saturated rings. The first-order chi connectivity index (χ1) is 60.4. The van der Waals surface area contributed by atoms with E-state index in [1.54, 1.807) is 0 Å². The standard InChI is InChI=1S/C39H42O4.C27H34O4.C25H28F2.C24H22.2CH4/c1-5-37(21-40-22-37)25-42-31-13-9-29(10-14-31)39(30-11-15-32(16-12-30)43-26-38(6-2)23-41-24-38)35-19-27(3)7-17-33(35)34-18-8-28(4)20-36(34)39;1-19-5-7-21-22-8-6-20(2)14-24(22)27(23(21)13-19,9-11-28-15-25(3)17-30-25)10-12-29-16-26(4)18-31-26;1-4-5-7-14-25(15-8-6-9-24(26)27)22-16-18(2)10-12-20(22)21-13-11-19(3)17-23(21)25;1-15-11-24(22-10-6-18-4-8-20(18)14-22)16(2)12-23(15)21-9-5-17-3-7-19(17)13-21;;/h7-20H,5-6,21-26H2,1-4H3;5-8,13-14H,9-12,15-18H2,1-4H3;4,9-13,16-17H,1,5-8,14-15H2,2-3H3;5-6,9-14H,3-4,7-8H2,1-2H3;2*1H4. The molecule has 4 aliphatic heterocycles. The van der Waals surface area contributed by atoms with Crippen molar-refractivity contribution in [1.29, 1.82) is 0 Å². The molecule has 0 spiro atoms. The largest absolute Gasteiger partial charge is 0.493 e. The lowest BCUT2D eigenvalue weighted by Crippen LogP contribution is -2.46. The molecule has 4 saturated heterocycles. The molecule has 8 nitrogen and oxygen atoms in total. The van der Waals surface area contributed by atoms with Crippen molar-refractivity contribution in [2.45, 2.75) is 215 Å². The average Bonchev–Trinajstić information content (AvgIpc) is 1.54. The Morgan fingerprint density at radius 1 is 0.370 bits per heavy atom. The third-order valence-corrected chi connectivity index (χ3v) is 29.1. The summed E-state index contributed by atoms with van der Waals surface area (Å²) in [7, 11) is 0. The van der Waals surface area contributed by atoms with Gasteiger partial charge in [-0.25, -0.2) is 0 Å². The fraction of sp³-hybridized carbons (Fsp3) is 0.402. The molecule has 2 atom stereocenters. The van der Waals surface area contributed by atoms with E-state index in [-0.39, 0.29) is 47.7 Å². The molecule has 10 heteroatoms. The number of ether oxygens (including phenoxy) is 8. The van der Waals surface area contributed by atoms with Gasteiger partial charge in [-0.05, 0) is 323 Å². The Morgan fingerprint density at radius 3 is 1.00 bits per heavy atom. The van der Waals surface area contributed by atoms with Crippen LogP contribution in [-0.4, -0.2) is 90.5 Å². The zero-order chi connectivity index (χ0) is 87.1. The van der Waals surface area contributed by atoms with Crippen molar-refractivity contribution in [3.8, 4) is 67.1 Å². The number of halogens is 2. The lowest BCUT2D eigenvalue weighted by molar-refractivity contribution is -0.133. The molecular formula is C117H134F2O8. The van der Waals surface area contributed by atoms with Gasteiger partial charge in [0.2, 0.25) is 0 Å². The van der Waals surface area contributed by atoms with Crippen LogP contribution in [0, 0.1) is 66.2 Å². The second-order valence-corrected chi connectivity index (χ2v) is 38.6. The third-order valence-electron chi connectivity index (χ3n) is 29.1. The van der Waals surface area contributed by atoms with Gasteiger partial charge in [-0.2, -0.15) is 8.78 Å². The summed E-state index contributed by atoms with van der Waals surface area (Å²) in [5, 5.41) is 0. The lowest BCUT2D eigenvalue weighted by Gasteiger charge is -2.40. The van der Waals surface area contributed by atoms with Crippen LogP contribution in [0.15, 0.2) is 231 Å². The third kappa shape index (κ3) is 18.7. The molecule has 9 aliphatic rings. The van der Waals surface area contributed by atoms with Gasteiger partial charge < -0.3 is 37.9 Å². The number of unbranched alkanes of at least 4 members (excludes halogenated alkanes) is 2. The van der Waals surface area contributed by atoms with Crippen molar-refractivity contribution < 1.29 is 46.7 Å². The smallest absolute Gasteiger partial charge is 0.266 e. The molecule has 5 aliphatic carbocycles. The van der Waals surface area contributed by atoms with Gasteiger partial charge in [0.1, 0.15) is 22.7 Å². The predicted molar refractivity (Wildman–Crippen MR) is 518 cm³/mol. The molecule has 11 aromatic rings. The van der Waals surface area contributed by atoms with Crippen LogP contribution in [-0.2, 0) is 70.3 Å². The Hall–Kier alpha value is -9.88. The summed E-state index contributed by atoms with van der Waals surface area (Å²) in [4.78, 5) is 0. The average molecular weight is 1710 g/mol. The first-order valence-electron chi connectivity index (χ1n) is 46.1. The molecule has 11 aromatic carbocycles. The minimum Gasteiger partial charge on any atom is -0.493 e. The molecule has 0 bridgehead atoms. The molecule has 0 amide bonds. The van der Waals surface area contributed by atoms with E-state index in [1.165, 1.54) is 193 Å². The summed E-state index contributed by atoms with van der Waals surface area (Å²) in [6, 6.07) is 77.4. The number of hydrogen-bond acceptors (Lipinski definition) is 8. The Kier molecular flexibility index (Phi) is 27.5. The van der Waals surface area contributed by atoms with Crippen LogP contribution in [0.1, 0.15) is 218 Å². The minimum atomic E-state index is -1.57. The first-order valence-corrected chi connectivity index (χ1v) is 46.1. The summed E-state index contributed by atoms with van der Waals surface area (Å²) in [6.07, 6.45) is 15.6. The fourth-order valence-corrected chi connectivity index (χ4v) is 20.6. The molecule has 0 aromatic heterocycles. The number of hydrogen-bond donors (Lipinski definition) is 0. The summed E-state index contributed by atoms with van der Waals surface area (Å²) in [5.41, 5.74) is 40.1. The number of rotatable bonds is 30. The van der Waals surface area contributed by atoms with E-state index >= 15 is 0 Å². The van der Waals surface area contributed by atoms with E-state index in [1.807, 2.05) is 6.08 Å². The molecule has 4 heterocycles. The van der Waals surface area contributed by atoms with Crippen LogP contribution < -0.4 is 9.47 Å². The van der Waals surface area contributed by atoms with Gasteiger partial charge in [0.15, 0.2) is 0 Å². The summed E-state index contributed by atoms with van der Waals surface area (Å²) < 4.78 is 71.9. The van der Waals surface area contributed by atoms with Gasteiger partial charge in [0.25, 0.3) is 6.08 Å². The second-order valence-electron chi connectivity index (χ2n) is 38.6. The molecule has 2 unspecified atom stereocenters. The van der Waals surface area contributed by atoms with Gasteiger partial charge in [0.05, 0.1) is 82.3 Å². The summed E-state index contributed by atoms with van der Waals surface area (Å²) in [5.74, 6) is 1.80. The Morgan fingerprint density at radius 2 is 0.701 bits per heavy atom. The van der Waals surface area contributed by atoms with Crippen molar-refractivity contribution in [3.05, 3.63) is 342 Å². The van der Waals surface area contributed by atoms with E-state index in [4.69, 9.17) is 37.9 Å². The fourth-order valence-electron chi connectivity index (χ4n) is 20.6. The number of epoxide rings is 2. The van der Waals surface area contributed by atoms with Crippen molar-refractivity contribution in [2.24, 2.45) is 10.8 Å². The van der Waals surface area contributed by atoms with Gasteiger partial charge in [-0.15, -0.1) is 6.58 Å². The first kappa shape index (κ1) is 91.9. The van der Waals surface area contributed by atoms with Crippen LogP contribution in [0.2, 0.25) is 0 Å². The van der Waals surface area contributed by atoms with Gasteiger partial charge >= 0.3 is 0 Å². The Bertz CT molecular complexity index is 5480. The highest BCUT2D eigenvalue weighted by Crippen LogP contribution is 2.59.